The van der Waals surface area contributed by atoms with Gasteiger partial charge in [-0.25, -0.2) is 4.98 Å². The van der Waals surface area contributed by atoms with Crippen LogP contribution in [0, 0.1) is 0 Å². The average Bonchev–Trinajstić information content (AvgIpc) is 3.40. The van der Waals surface area contributed by atoms with Crippen molar-refractivity contribution in [3.05, 3.63) is 108 Å². The van der Waals surface area contributed by atoms with Crippen LogP contribution in [0.3, 0.4) is 0 Å². The predicted molar refractivity (Wildman–Crippen MR) is 141 cm³/mol. The van der Waals surface area contributed by atoms with Crippen LogP contribution in [0.4, 0.5) is 5.69 Å². The quantitative estimate of drug-likeness (QED) is 0.254. The predicted octanol–water partition coefficient (Wildman–Crippen LogP) is 3.95. The zero-order chi connectivity index (χ0) is 25.5. The fourth-order valence-corrected chi connectivity index (χ4v) is 4.17. The van der Waals surface area contributed by atoms with Crippen LogP contribution in [0.1, 0.15) is 45.1 Å². The van der Waals surface area contributed by atoms with Gasteiger partial charge in [0.25, 0.3) is 5.91 Å². The minimum absolute atomic E-state index is 0.0140. The summed E-state index contributed by atoms with van der Waals surface area (Å²) in [5, 5.41) is 3.26. The van der Waals surface area contributed by atoms with Crippen LogP contribution in [0.5, 0.6) is 0 Å². The van der Waals surface area contributed by atoms with E-state index in [1.54, 1.807) is 41.4 Å². The maximum atomic E-state index is 13.8. The number of H-pyrrole nitrogens is 1. The summed E-state index contributed by atoms with van der Waals surface area (Å²) >= 11 is 0. The van der Waals surface area contributed by atoms with Gasteiger partial charge >= 0.3 is 0 Å². The number of aromatic amines is 1. The number of nitrogens with zero attached hydrogens (tertiary/aromatic N) is 2. The molecule has 4 rings (SSSR count). The second-order valence-electron chi connectivity index (χ2n) is 8.35. The first kappa shape index (κ1) is 24.7. The van der Waals surface area contributed by atoms with E-state index in [1.807, 2.05) is 55.5 Å². The molecule has 0 aliphatic rings. The van der Waals surface area contributed by atoms with Crippen LogP contribution in [-0.4, -0.2) is 39.9 Å². The number of amides is 2. The number of hydrogen-bond acceptors (Lipinski definition) is 5. The summed E-state index contributed by atoms with van der Waals surface area (Å²) in [6.07, 6.45) is 2.32. The standard InChI is InChI=1S/C28H30N6O2/c1-2-31-23-11-7-6-10-22(23)28(36)34(18-29)25(16-19-8-4-3-5-9-19)27-32-17-24(33-27)20-12-14-21(15-13-20)26(30)35/h3-15,17,25,31H,2,16,18,29H2,1H3,(H2,30,35)(H,32,33)/t25-/m0/s1. The molecule has 184 valence electrons. The molecule has 0 bridgehead atoms. The van der Waals surface area contributed by atoms with E-state index in [9.17, 15) is 9.59 Å². The Kier molecular flexibility index (Phi) is 7.77. The van der Waals surface area contributed by atoms with Gasteiger partial charge in [0.1, 0.15) is 5.82 Å². The molecule has 8 heteroatoms. The Labute approximate surface area is 210 Å². The zero-order valence-corrected chi connectivity index (χ0v) is 20.1. The number of nitrogens with one attached hydrogen (secondary N) is 2. The third-order valence-corrected chi connectivity index (χ3v) is 6.01. The molecule has 1 aromatic heterocycles. The molecule has 0 aliphatic heterocycles. The van der Waals surface area contributed by atoms with Crippen molar-refractivity contribution in [3.8, 4) is 11.3 Å². The summed E-state index contributed by atoms with van der Waals surface area (Å²) in [5.41, 5.74) is 15.9. The Morgan fingerprint density at radius 2 is 1.69 bits per heavy atom. The van der Waals surface area contributed by atoms with Crippen LogP contribution >= 0.6 is 0 Å². The number of carbonyl (C=O) groups excluding carboxylic acids is 2. The molecular formula is C28H30N6O2. The highest BCUT2D eigenvalue weighted by Crippen LogP contribution is 2.28. The SMILES string of the molecule is CCNc1ccccc1C(=O)N(CN)[C@@H](Cc1ccccc1)c1nc(-c2ccc(C(N)=O)cc2)c[nH]1. The zero-order valence-electron chi connectivity index (χ0n) is 20.1. The summed E-state index contributed by atoms with van der Waals surface area (Å²) in [6, 6.07) is 23.9. The number of imidazole rings is 1. The largest absolute Gasteiger partial charge is 0.385 e. The average molecular weight is 483 g/mol. The van der Waals surface area contributed by atoms with Crippen LogP contribution in [0.25, 0.3) is 11.3 Å². The van der Waals surface area contributed by atoms with Crippen molar-refractivity contribution in [1.82, 2.24) is 14.9 Å². The highest BCUT2D eigenvalue weighted by molar-refractivity contribution is 5.99. The minimum Gasteiger partial charge on any atom is -0.385 e. The highest BCUT2D eigenvalue weighted by Gasteiger charge is 2.29. The lowest BCUT2D eigenvalue weighted by atomic mass is 10.0. The molecule has 0 saturated heterocycles. The number of aromatic nitrogens is 2. The number of para-hydroxylation sites is 1. The molecule has 0 spiro atoms. The first-order valence-corrected chi connectivity index (χ1v) is 11.8. The number of anilines is 1. The fourth-order valence-electron chi connectivity index (χ4n) is 4.17. The maximum Gasteiger partial charge on any atom is 0.257 e. The van der Waals surface area contributed by atoms with E-state index in [-0.39, 0.29) is 12.6 Å². The number of carbonyl (C=O) groups is 2. The van der Waals surface area contributed by atoms with Gasteiger partial charge in [-0.3, -0.25) is 9.59 Å². The van der Waals surface area contributed by atoms with Gasteiger partial charge in [-0.2, -0.15) is 0 Å². The molecular weight excluding hydrogens is 452 g/mol. The number of primary amides is 1. The summed E-state index contributed by atoms with van der Waals surface area (Å²) < 4.78 is 0. The first-order chi connectivity index (χ1) is 17.5. The topological polar surface area (TPSA) is 130 Å². The molecule has 2 amide bonds. The summed E-state index contributed by atoms with van der Waals surface area (Å²) in [7, 11) is 0. The van der Waals surface area contributed by atoms with E-state index in [0.717, 1.165) is 16.8 Å². The van der Waals surface area contributed by atoms with Gasteiger partial charge in [-0.05, 0) is 36.8 Å². The van der Waals surface area contributed by atoms with E-state index in [4.69, 9.17) is 16.5 Å². The van der Waals surface area contributed by atoms with Gasteiger partial charge in [0.15, 0.2) is 0 Å². The van der Waals surface area contributed by atoms with Crippen LogP contribution in [0.2, 0.25) is 0 Å². The Balaban J connectivity index is 1.71. The van der Waals surface area contributed by atoms with Crippen molar-refractivity contribution >= 4 is 17.5 Å². The number of benzene rings is 3. The monoisotopic (exact) mass is 482 g/mol. The van der Waals surface area contributed by atoms with Crippen LogP contribution in [0.15, 0.2) is 85.1 Å². The van der Waals surface area contributed by atoms with Gasteiger partial charge < -0.3 is 26.7 Å². The lowest BCUT2D eigenvalue weighted by Gasteiger charge is -2.30. The Morgan fingerprint density at radius 1 is 1.00 bits per heavy atom. The Morgan fingerprint density at radius 3 is 2.36 bits per heavy atom. The summed E-state index contributed by atoms with van der Waals surface area (Å²) in [5.74, 6) is -0.0477. The Hall–Kier alpha value is -4.43. The summed E-state index contributed by atoms with van der Waals surface area (Å²) in [6.45, 7) is 2.69. The van der Waals surface area contributed by atoms with Gasteiger partial charge in [0, 0.05) is 36.0 Å². The molecule has 0 radical (unpaired) electrons. The van der Waals surface area contributed by atoms with Crippen molar-refractivity contribution in [2.24, 2.45) is 11.5 Å². The molecule has 8 nitrogen and oxygen atoms in total. The molecule has 3 aromatic carbocycles. The molecule has 0 aliphatic carbocycles. The van der Waals surface area contributed by atoms with Gasteiger partial charge in [0.2, 0.25) is 5.91 Å². The number of hydrogen-bond donors (Lipinski definition) is 4. The van der Waals surface area contributed by atoms with Crippen molar-refractivity contribution < 1.29 is 9.59 Å². The molecule has 1 heterocycles. The van der Waals surface area contributed by atoms with Crippen LogP contribution < -0.4 is 16.8 Å². The van der Waals surface area contributed by atoms with E-state index < -0.39 is 11.9 Å². The number of rotatable bonds is 10. The Bertz CT molecular complexity index is 1320. The number of nitrogens with two attached hydrogens (primary N) is 2. The normalized spacial score (nSPS) is 11.6. The molecule has 4 aromatic rings. The smallest absolute Gasteiger partial charge is 0.257 e. The first-order valence-electron chi connectivity index (χ1n) is 11.8. The third-order valence-electron chi connectivity index (χ3n) is 6.01. The van der Waals surface area contributed by atoms with Crippen molar-refractivity contribution in [1.29, 1.82) is 0 Å². The van der Waals surface area contributed by atoms with Gasteiger partial charge in [0.05, 0.1) is 24.0 Å². The summed E-state index contributed by atoms with van der Waals surface area (Å²) in [4.78, 5) is 34.9. The van der Waals surface area contributed by atoms with Crippen molar-refractivity contribution in [2.75, 3.05) is 18.5 Å². The maximum absolute atomic E-state index is 13.8. The molecule has 0 fully saturated rings. The van der Waals surface area contributed by atoms with Gasteiger partial charge in [-0.15, -0.1) is 0 Å². The highest BCUT2D eigenvalue weighted by atomic mass is 16.2. The van der Waals surface area contributed by atoms with E-state index in [1.165, 1.54) is 0 Å². The lowest BCUT2D eigenvalue weighted by Crippen LogP contribution is -2.41. The molecule has 0 unspecified atom stereocenters. The third kappa shape index (κ3) is 5.45. The van der Waals surface area contributed by atoms with Crippen molar-refractivity contribution in [3.63, 3.8) is 0 Å². The fraction of sp³-hybridized carbons (Fsp3) is 0.179. The minimum atomic E-state index is -0.484. The van der Waals surface area contributed by atoms with E-state index in [2.05, 4.69) is 10.3 Å². The van der Waals surface area contributed by atoms with Crippen molar-refractivity contribution in [2.45, 2.75) is 19.4 Å². The molecule has 6 N–H and O–H groups in total. The second-order valence-corrected chi connectivity index (χ2v) is 8.35. The second kappa shape index (κ2) is 11.3. The molecule has 36 heavy (non-hydrogen) atoms. The lowest BCUT2D eigenvalue weighted by molar-refractivity contribution is 0.0674. The molecule has 0 saturated carbocycles. The van der Waals surface area contributed by atoms with E-state index in [0.29, 0.717) is 35.6 Å². The van der Waals surface area contributed by atoms with Crippen LogP contribution in [-0.2, 0) is 6.42 Å². The molecule has 1 atom stereocenters. The van der Waals surface area contributed by atoms with Gasteiger partial charge in [-0.1, -0.05) is 54.6 Å². The van der Waals surface area contributed by atoms with E-state index >= 15 is 0 Å².